The van der Waals surface area contributed by atoms with Crippen molar-refractivity contribution in [3.05, 3.63) is 23.5 Å². The van der Waals surface area contributed by atoms with Gasteiger partial charge in [0.1, 0.15) is 0 Å². The zero-order valence-electron chi connectivity index (χ0n) is 11.7. The lowest BCUT2D eigenvalue weighted by molar-refractivity contribution is 0.661. The van der Waals surface area contributed by atoms with Crippen LogP contribution in [0, 0.1) is 0 Å². The molecular formula is C16H29N. The molecule has 1 heterocycles. The molecule has 0 fully saturated rings. The second-order valence-corrected chi connectivity index (χ2v) is 5.15. The highest BCUT2D eigenvalue weighted by molar-refractivity contribution is 5.16. The average Bonchev–Trinajstić information content (AvgIpc) is 2.78. The van der Waals surface area contributed by atoms with Gasteiger partial charge in [-0.3, -0.25) is 0 Å². The van der Waals surface area contributed by atoms with Crippen molar-refractivity contribution in [1.82, 2.24) is 4.98 Å². The number of aryl methyl sites for hydroxylation is 2. The molecule has 0 unspecified atom stereocenters. The van der Waals surface area contributed by atoms with Gasteiger partial charge in [0, 0.05) is 11.9 Å². The minimum absolute atomic E-state index is 1.23. The third kappa shape index (κ3) is 6.55. The second kappa shape index (κ2) is 9.32. The van der Waals surface area contributed by atoms with Gasteiger partial charge in [-0.2, -0.15) is 0 Å². The number of H-pyrrole nitrogens is 1. The van der Waals surface area contributed by atoms with E-state index in [4.69, 9.17) is 0 Å². The molecular weight excluding hydrogens is 206 g/mol. The molecule has 1 rings (SSSR count). The van der Waals surface area contributed by atoms with Crippen molar-refractivity contribution in [2.24, 2.45) is 0 Å². The summed E-state index contributed by atoms with van der Waals surface area (Å²) in [4.78, 5) is 3.42. The van der Waals surface area contributed by atoms with Gasteiger partial charge in [0.25, 0.3) is 0 Å². The maximum absolute atomic E-state index is 3.42. The molecule has 1 nitrogen and oxygen atoms in total. The number of unbranched alkanes of at least 4 members (excludes halogenated alkanes) is 6. The fraction of sp³-hybridized carbons (Fsp3) is 0.750. The number of rotatable bonds is 10. The predicted molar refractivity (Wildman–Crippen MR) is 76.5 cm³/mol. The number of hydrogen-bond donors (Lipinski definition) is 1. The van der Waals surface area contributed by atoms with Crippen LogP contribution in [0.4, 0.5) is 0 Å². The van der Waals surface area contributed by atoms with Gasteiger partial charge >= 0.3 is 0 Å². The Kier molecular flexibility index (Phi) is 7.87. The predicted octanol–water partition coefficient (Wildman–Crippen LogP) is 5.26. The average molecular weight is 235 g/mol. The van der Waals surface area contributed by atoms with Gasteiger partial charge in [0.05, 0.1) is 0 Å². The molecule has 0 spiro atoms. The standard InChI is InChI=1S/C16H29N/c1-3-5-7-9-11-15-13-16(17-14-15)12-10-8-6-4-2/h13-14,17H,3-12H2,1-2H3. The van der Waals surface area contributed by atoms with E-state index in [0.29, 0.717) is 0 Å². The van der Waals surface area contributed by atoms with Crippen LogP contribution in [0.1, 0.15) is 76.5 Å². The highest BCUT2D eigenvalue weighted by Gasteiger charge is 1.99. The van der Waals surface area contributed by atoms with Gasteiger partial charge in [-0.1, -0.05) is 52.4 Å². The Balaban J connectivity index is 2.14. The van der Waals surface area contributed by atoms with Gasteiger partial charge < -0.3 is 4.98 Å². The summed E-state index contributed by atoms with van der Waals surface area (Å²) in [7, 11) is 0. The maximum atomic E-state index is 3.42. The molecule has 98 valence electrons. The number of nitrogens with one attached hydrogen (secondary N) is 1. The van der Waals surface area contributed by atoms with Crippen molar-refractivity contribution in [2.75, 3.05) is 0 Å². The summed E-state index contributed by atoms with van der Waals surface area (Å²) in [5.74, 6) is 0. The Hall–Kier alpha value is -0.720. The lowest BCUT2D eigenvalue weighted by atomic mass is 10.1. The van der Waals surface area contributed by atoms with Crippen LogP contribution in [-0.2, 0) is 12.8 Å². The highest BCUT2D eigenvalue weighted by Crippen LogP contribution is 2.12. The molecule has 1 aromatic heterocycles. The van der Waals surface area contributed by atoms with Crippen LogP contribution in [-0.4, -0.2) is 4.98 Å². The number of aromatic nitrogens is 1. The second-order valence-electron chi connectivity index (χ2n) is 5.15. The molecule has 0 aromatic carbocycles. The molecule has 0 aliphatic carbocycles. The van der Waals surface area contributed by atoms with E-state index < -0.39 is 0 Å². The molecule has 0 aliphatic rings. The molecule has 0 bridgehead atoms. The van der Waals surface area contributed by atoms with Gasteiger partial charge in [0.15, 0.2) is 0 Å². The van der Waals surface area contributed by atoms with Gasteiger partial charge in [0.2, 0.25) is 0 Å². The van der Waals surface area contributed by atoms with Crippen LogP contribution in [0.3, 0.4) is 0 Å². The van der Waals surface area contributed by atoms with Crippen molar-refractivity contribution in [3.63, 3.8) is 0 Å². The Morgan fingerprint density at radius 3 is 2.12 bits per heavy atom. The quantitative estimate of drug-likeness (QED) is 0.532. The summed E-state index contributed by atoms with van der Waals surface area (Å²) in [6.07, 6.45) is 15.6. The van der Waals surface area contributed by atoms with E-state index in [1.165, 1.54) is 75.5 Å². The first-order valence-electron chi connectivity index (χ1n) is 7.53. The summed E-state index contributed by atoms with van der Waals surface area (Å²) >= 11 is 0. The third-order valence-corrected chi connectivity index (χ3v) is 3.42. The lowest BCUT2D eigenvalue weighted by Gasteiger charge is -1.98. The van der Waals surface area contributed by atoms with Gasteiger partial charge in [-0.05, 0) is 37.3 Å². The van der Waals surface area contributed by atoms with E-state index in [9.17, 15) is 0 Å². The molecule has 0 saturated heterocycles. The van der Waals surface area contributed by atoms with E-state index in [2.05, 4.69) is 31.1 Å². The molecule has 1 aromatic rings. The summed E-state index contributed by atoms with van der Waals surface area (Å²) in [6, 6.07) is 2.37. The first-order chi connectivity index (χ1) is 8.36. The summed E-state index contributed by atoms with van der Waals surface area (Å²) in [5.41, 5.74) is 2.94. The zero-order valence-corrected chi connectivity index (χ0v) is 11.7. The summed E-state index contributed by atoms with van der Waals surface area (Å²) in [6.45, 7) is 4.54. The van der Waals surface area contributed by atoms with E-state index in [-0.39, 0.29) is 0 Å². The van der Waals surface area contributed by atoms with E-state index >= 15 is 0 Å². The lowest BCUT2D eigenvalue weighted by Crippen LogP contribution is -1.85. The zero-order chi connectivity index (χ0) is 12.3. The van der Waals surface area contributed by atoms with Crippen molar-refractivity contribution in [1.29, 1.82) is 0 Å². The fourth-order valence-corrected chi connectivity index (χ4v) is 2.28. The Bertz CT molecular complexity index is 248. The first-order valence-corrected chi connectivity index (χ1v) is 7.53. The first kappa shape index (κ1) is 14.3. The molecule has 0 amide bonds. The SMILES string of the molecule is CCCCCCc1c[nH]c(CCCCCC)c1. The fourth-order valence-electron chi connectivity index (χ4n) is 2.28. The van der Waals surface area contributed by atoms with Crippen molar-refractivity contribution < 1.29 is 0 Å². The molecule has 0 aliphatic heterocycles. The minimum atomic E-state index is 1.23. The number of hydrogen-bond acceptors (Lipinski definition) is 0. The van der Waals surface area contributed by atoms with Crippen LogP contribution in [0.2, 0.25) is 0 Å². The smallest absolute Gasteiger partial charge is 0.0149 e. The Morgan fingerprint density at radius 1 is 0.824 bits per heavy atom. The normalized spacial score (nSPS) is 10.9. The topological polar surface area (TPSA) is 15.8 Å². The van der Waals surface area contributed by atoms with Gasteiger partial charge in [-0.15, -0.1) is 0 Å². The molecule has 1 N–H and O–H groups in total. The highest BCUT2D eigenvalue weighted by atomic mass is 14.7. The van der Waals surface area contributed by atoms with E-state index in [1.54, 1.807) is 0 Å². The van der Waals surface area contributed by atoms with Crippen molar-refractivity contribution >= 4 is 0 Å². The van der Waals surface area contributed by atoms with Crippen LogP contribution < -0.4 is 0 Å². The molecule has 0 saturated carbocycles. The minimum Gasteiger partial charge on any atom is -0.365 e. The van der Waals surface area contributed by atoms with Crippen LogP contribution in [0.15, 0.2) is 12.3 Å². The summed E-state index contributed by atoms with van der Waals surface area (Å²) < 4.78 is 0. The molecule has 1 heteroatoms. The number of aromatic amines is 1. The van der Waals surface area contributed by atoms with Crippen LogP contribution >= 0.6 is 0 Å². The maximum Gasteiger partial charge on any atom is 0.0149 e. The largest absolute Gasteiger partial charge is 0.365 e. The Labute approximate surface area is 107 Å². The van der Waals surface area contributed by atoms with E-state index in [1.807, 2.05) is 0 Å². The van der Waals surface area contributed by atoms with Crippen LogP contribution in [0.25, 0.3) is 0 Å². The molecule has 0 radical (unpaired) electrons. The van der Waals surface area contributed by atoms with Crippen molar-refractivity contribution in [2.45, 2.75) is 78.1 Å². The Morgan fingerprint density at radius 2 is 1.47 bits per heavy atom. The molecule has 17 heavy (non-hydrogen) atoms. The van der Waals surface area contributed by atoms with Gasteiger partial charge in [-0.25, -0.2) is 0 Å². The third-order valence-electron chi connectivity index (χ3n) is 3.42. The monoisotopic (exact) mass is 235 g/mol. The summed E-state index contributed by atoms with van der Waals surface area (Å²) in [5, 5.41) is 0. The van der Waals surface area contributed by atoms with Crippen LogP contribution in [0.5, 0.6) is 0 Å². The molecule has 0 atom stereocenters. The van der Waals surface area contributed by atoms with Crippen molar-refractivity contribution in [3.8, 4) is 0 Å². The van der Waals surface area contributed by atoms with E-state index in [0.717, 1.165) is 0 Å².